The van der Waals surface area contributed by atoms with E-state index in [4.69, 9.17) is 0 Å². The normalized spacial score (nSPS) is 53.1. The third-order valence-electron chi connectivity index (χ3n) is 6.38. The molecule has 0 aromatic carbocycles. The highest BCUT2D eigenvalue weighted by Crippen LogP contribution is 2.67. The quantitative estimate of drug-likeness (QED) is 0.594. The second kappa shape index (κ2) is 3.24. The van der Waals surface area contributed by atoms with Gasteiger partial charge in [0.1, 0.15) is 0 Å². The van der Waals surface area contributed by atoms with Crippen molar-refractivity contribution in [2.24, 2.45) is 22.7 Å². The number of fused-ring (bicyclic) bond motifs is 1. The third kappa shape index (κ3) is 1.16. The van der Waals surface area contributed by atoms with E-state index in [2.05, 4.69) is 39.0 Å². The van der Waals surface area contributed by atoms with Crippen LogP contribution in [0.1, 0.15) is 52.9 Å². The van der Waals surface area contributed by atoms with Gasteiger partial charge in [0, 0.05) is 0 Å². The largest absolute Gasteiger partial charge is 0.0799 e. The van der Waals surface area contributed by atoms with Gasteiger partial charge in [-0.25, -0.2) is 0 Å². The summed E-state index contributed by atoms with van der Waals surface area (Å²) in [6, 6.07) is 0. The maximum atomic E-state index is 2.60. The van der Waals surface area contributed by atoms with Crippen molar-refractivity contribution in [2.75, 3.05) is 0 Å². The van der Waals surface area contributed by atoms with Crippen LogP contribution in [0.25, 0.3) is 0 Å². The molecular formula is C16H24. The summed E-state index contributed by atoms with van der Waals surface area (Å²) in [7, 11) is 0. The minimum atomic E-state index is 0.586. The van der Waals surface area contributed by atoms with Gasteiger partial charge < -0.3 is 0 Å². The van der Waals surface area contributed by atoms with Crippen molar-refractivity contribution >= 4 is 0 Å². The Labute approximate surface area is 99.8 Å². The van der Waals surface area contributed by atoms with Gasteiger partial charge in [0.25, 0.3) is 0 Å². The molecule has 0 aromatic heterocycles. The first kappa shape index (κ1) is 10.6. The lowest BCUT2D eigenvalue weighted by molar-refractivity contribution is 0.0932. The van der Waals surface area contributed by atoms with Gasteiger partial charge in [-0.2, -0.15) is 0 Å². The molecule has 0 aromatic rings. The summed E-state index contributed by atoms with van der Waals surface area (Å²) in [4.78, 5) is 0. The number of hydrogen-bond acceptors (Lipinski definition) is 0. The monoisotopic (exact) mass is 216 g/mol. The molecule has 2 fully saturated rings. The Hall–Kier alpha value is -0.520. The Morgan fingerprint density at radius 2 is 1.88 bits per heavy atom. The Morgan fingerprint density at radius 1 is 1.19 bits per heavy atom. The molecule has 0 saturated heterocycles. The maximum Gasteiger partial charge on any atom is -0.00974 e. The molecule has 0 nitrogen and oxygen atoms in total. The molecule has 0 bridgehead atoms. The first-order valence-corrected chi connectivity index (χ1v) is 6.93. The van der Waals surface area contributed by atoms with E-state index in [0.717, 1.165) is 11.8 Å². The standard InChI is InChI=1S/C16H24/c1-12-7-9-16(3)14(8-10-15(12,16)2)11-13-5-4-6-13/h4-5,11-12,14H,6-10H2,1-3H3/b13-11-. The lowest BCUT2D eigenvalue weighted by Gasteiger charge is -2.40. The second-order valence-electron chi connectivity index (χ2n) is 6.77. The van der Waals surface area contributed by atoms with Crippen LogP contribution in [0, 0.1) is 22.7 Å². The van der Waals surface area contributed by atoms with E-state index in [1.54, 1.807) is 5.57 Å². The zero-order chi connectivity index (χ0) is 11.4. The fourth-order valence-corrected chi connectivity index (χ4v) is 4.50. The van der Waals surface area contributed by atoms with Crippen LogP contribution in [0.4, 0.5) is 0 Å². The van der Waals surface area contributed by atoms with Gasteiger partial charge in [-0.15, -0.1) is 0 Å². The minimum Gasteiger partial charge on any atom is -0.0799 e. The molecule has 0 amide bonds. The van der Waals surface area contributed by atoms with E-state index >= 15 is 0 Å². The molecular weight excluding hydrogens is 192 g/mol. The van der Waals surface area contributed by atoms with Crippen LogP contribution >= 0.6 is 0 Å². The van der Waals surface area contributed by atoms with Crippen molar-refractivity contribution in [2.45, 2.75) is 52.9 Å². The Balaban J connectivity index is 1.91. The van der Waals surface area contributed by atoms with Crippen molar-refractivity contribution in [1.29, 1.82) is 0 Å². The summed E-state index contributed by atoms with van der Waals surface area (Å²) in [5, 5.41) is 0. The number of allylic oxidation sites excluding steroid dienone is 4. The highest BCUT2D eigenvalue weighted by Gasteiger charge is 2.59. The number of rotatable bonds is 1. The first-order chi connectivity index (χ1) is 7.56. The first-order valence-electron chi connectivity index (χ1n) is 6.93. The van der Waals surface area contributed by atoms with Crippen LogP contribution in [0.5, 0.6) is 0 Å². The highest BCUT2D eigenvalue weighted by molar-refractivity contribution is 5.32. The minimum absolute atomic E-state index is 0.586. The summed E-state index contributed by atoms with van der Waals surface area (Å²) in [6.07, 6.45) is 14.2. The van der Waals surface area contributed by atoms with Gasteiger partial charge in [-0.1, -0.05) is 39.0 Å². The van der Waals surface area contributed by atoms with Gasteiger partial charge >= 0.3 is 0 Å². The lowest BCUT2D eigenvalue weighted by atomic mass is 9.64. The molecule has 16 heavy (non-hydrogen) atoms. The van der Waals surface area contributed by atoms with Gasteiger partial charge in [-0.3, -0.25) is 0 Å². The van der Waals surface area contributed by atoms with E-state index in [1.807, 2.05) is 0 Å². The smallest absolute Gasteiger partial charge is 0.00974 e. The molecule has 4 unspecified atom stereocenters. The zero-order valence-electron chi connectivity index (χ0n) is 10.9. The summed E-state index contributed by atoms with van der Waals surface area (Å²) < 4.78 is 0. The molecule has 3 aliphatic carbocycles. The van der Waals surface area contributed by atoms with Crippen molar-refractivity contribution in [1.82, 2.24) is 0 Å². The molecule has 3 rings (SSSR count). The number of hydrogen-bond donors (Lipinski definition) is 0. The van der Waals surface area contributed by atoms with E-state index in [0.29, 0.717) is 10.8 Å². The molecule has 0 radical (unpaired) electrons. The van der Waals surface area contributed by atoms with Crippen LogP contribution < -0.4 is 0 Å². The average molecular weight is 216 g/mol. The van der Waals surface area contributed by atoms with E-state index in [-0.39, 0.29) is 0 Å². The van der Waals surface area contributed by atoms with E-state index in [1.165, 1.54) is 32.1 Å². The molecule has 0 aliphatic heterocycles. The molecule has 0 spiro atoms. The van der Waals surface area contributed by atoms with Crippen molar-refractivity contribution in [3.05, 3.63) is 23.8 Å². The van der Waals surface area contributed by atoms with Gasteiger partial charge in [0.15, 0.2) is 0 Å². The summed E-state index contributed by atoms with van der Waals surface area (Å²) in [6.45, 7) is 7.59. The highest BCUT2D eigenvalue weighted by atomic mass is 14.6. The predicted octanol–water partition coefficient (Wildman–Crippen LogP) is 4.73. The molecule has 2 saturated carbocycles. The van der Waals surface area contributed by atoms with Crippen molar-refractivity contribution in [3.63, 3.8) is 0 Å². The summed E-state index contributed by atoms with van der Waals surface area (Å²) >= 11 is 0. The molecule has 88 valence electrons. The van der Waals surface area contributed by atoms with Crippen LogP contribution in [-0.4, -0.2) is 0 Å². The van der Waals surface area contributed by atoms with Crippen molar-refractivity contribution < 1.29 is 0 Å². The van der Waals surface area contributed by atoms with E-state index < -0.39 is 0 Å². The topological polar surface area (TPSA) is 0 Å². The van der Waals surface area contributed by atoms with E-state index in [9.17, 15) is 0 Å². The Bertz CT molecular complexity index is 362. The maximum absolute atomic E-state index is 2.60. The fourth-order valence-electron chi connectivity index (χ4n) is 4.50. The molecule has 0 N–H and O–H groups in total. The Kier molecular flexibility index (Phi) is 2.15. The summed E-state index contributed by atoms with van der Waals surface area (Å²) in [5.74, 6) is 1.78. The second-order valence-corrected chi connectivity index (χ2v) is 6.77. The Morgan fingerprint density at radius 3 is 2.50 bits per heavy atom. The van der Waals surface area contributed by atoms with Crippen molar-refractivity contribution in [3.8, 4) is 0 Å². The van der Waals surface area contributed by atoms with Gasteiger partial charge in [-0.05, 0) is 60.3 Å². The van der Waals surface area contributed by atoms with Gasteiger partial charge in [0.2, 0.25) is 0 Å². The zero-order valence-corrected chi connectivity index (χ0v) is 10.9. The fraction of sp³-hybridized carbons (Fsp3) is 0.750. The van der Waals surface area contributed by atoms with Crippen LogP contribution in [-0.2, 0) is 0 Å². The molecule has 4 atom stereocenters. The SMILES string of the molecule is CC1CCC2(C)C(/C=C3/C=CC3)CCC12C. The molecule has 0 heteroatoms. The predicted molar refractivity (Wildman–Crippen MR) is 69.2 cm³/mol. The van der Waals surface area contributed by atoms with Crippen LogP contribution in [0.2, 0.25) is 0 Å². The summed E-state index contributed by atoms with van der Waals surface area (Å²) in [5.41, 5.74) is 2.79. The molecule has 0 heterocycles. The average Bonchev–Trinajstić information content (AvgIpc) is 2.56. The van der Waals surface area contributed by atoms with Crippen LogP contribution in [0.15, 0.2) is 23.8 Å². The molecule has 3 aliphatic rings. The lowest BCUT2D eigenvalue weighted by Crippen LogP contribution is -2.34. The van der Waals surface area contributed by atoms with Crippen LogP contribution in [0.3, 0.4) is 0 Å². The van der Waals surface area contributed by atoms with Gasteiger partial charge in [0.05, 0.1) is 0 Å². The third-order valence-corrected chi connectivity index (χ3v) is 6.38.